The van der Waals surface area contributed by atoms with Crippen LogP contribution in [0.1, 0.15) is 41.3 Å². The van der Waals surface area contributed by atoms with Gasteiger partial charge < -0.3 is 10.1 Å². The van der Waals surface area contributed by atoms with Gasteiger partial charge in [0.2, 0.25) is 5.91 Å². The van der Waals surface area contributed by atoms with Gasteiger partial charge in [-0.3, -0.25) is 4.79 Å². The second kappa shape index (κ2) is 7.88. The zero-order chi connectivity index (χ0) is 22.2. The van der Waals surface area contributed by atoms with Gasteiger partial charge in [0.25, 0.3) is 11.6 Å². The Morgan fingerprint density at radius 2 is 1.97 bits per heavy atom. The molecule has 1 atom stereocenters. The van der Waals surface area contributed by atoms with Gasteiger partial charge >= 0.3 is 6.18 Å². The standard InChI is InChI=1S/C19H19F4N5O2/c1-9(12-5-6-15(30-4)14(20)7-12)24-16(29)8-13-10(2)25-18-26-17(19(21,22)23)27-28(18)11(13)3/h5-7,9H,8H2,1-4H3,(H,24,29). The maximum absolute atomic E-state index is 13.9. The number of methoxy groups -OCH3 is 1. The van der Waals surface area contributed by atoms with Crippen LogP contribution in [0.4, 0.5) is 17.6 Å². The maximum Gasteiger partial charge on any atom is 0.453 e. The van der Waals surface area contributed by atoms with Crippen LogP contribution in [0.5, 0.6) is 5.75 Å². The van der Waals surface area contributed by atoms with Crippen LogP contribution in [0.15, 0.2) is 18.2 Å². The molecule has 0 bridgehead atoms. The first-order valence-corrected chi connectivity index (χ1v) is 8.94. The quantitative estimate of drug-likeness (QED) is 0.635. The number of hydrogen-bond acceptors (Lipinski definition) is 5. The molecule has 1 unspecified atom stereocenters. The summed E-state index contributed by atoms with van der Waals surface area (Å²) >= 11 is 0. The van der Waals surface area contributed by atoms with Crippen LogP contribution in [-0.2, 0) is 17.4 Å². The second-order valence-electron chi connectivity index (χ2n) is 6.77. The minimum atomic E-state index is -4.70. The van der Waals surface area contributed by atoms with Gasteiger partial charge in [0.15, 0.2) is 11.6 Å². The van der Waals surface area contributed by atoms with Gasteiger partial charge in [-0.15, -0.1) is 5.10 Å². The molecule has 2 aromatic heterocycles. The Balaban J connectivity index is 1.81. The van der Waals surface area contributed by atoms with Crippen LogP contribution in [-0.4, -0.2) is 32.6 Å². The normalized spacial score (nSPS) is 12.8. The van der Waals surface area contributed by atoms with Crippen LogP contribution in [0.2, 0.25) is 0 Å². The third kappa shape index (κ3) is 4.19. The fraction of sp³-hybridized carbons (Fsp3) is 0.368. The SMILES string of the molecule is COc1ccc(C(C)NC(=O)Cc2c(C)nc3nc(C(F)(F)F)nn3c2C)cc1F. The topological polar surface area (TPSA) is 81.4 Å². The average molecular weight is 425 g/mol. The maximum atomic E-state index is 13.9. The number of alkyl halides is 3. The number of aryl methyl sites for hydroxylation is 2. The first-order valence-electron chi connectivity index (χ1n) is 8.94. The highest BCUT2D eigenvalue weighted by Gasteiger charge is 2.37. The van der Waals surface area contributed by atoms with Crippen LogP contribution in [0.25, 0.3) is 5.78 Å². The number of ether oxygens (including phenoxy) is 1. The molecule has 1 amide bonds. The molecule has 0 aliphatic heterocycles. The fourth-order valence-electron chi connectivity index (χ4n) is 3.07. The highest BCUT2D eigenvalue weighted by molar-refractivity contribution is 5.79. The summed E-state index contributed by atoms with van der Waals surface area (Å²) in [6.07, 6.45) is -4.83. The number of nitrogens with one attached hydrogen (secondary N) is 1. The van der Waals surface area contributed by atoms with E-state index >= 15 is 0 Å². The molecule has 30 heavy (non-hydrogen) atoms. The number of rotatable bonds is 5. The lowest BCUT2D eigenvalue weighted by atomic mass is 10.1. The van der Waals surface area contributed by atoms with E-state index in [4.69, 9.17) is 4.74 Å². The summed E-state index contributed by atoms with van der Waals surface area (Å²) in [6.45, 7) is 4.81. The molecule has 1 N–H and O–H groups in total. The van der Waals surface area contributed by atoms with Crippen molar-refractivity contribution in [2.24, 2.45) is 0 Å². The molecular weight excluding hydrogens is 406 g/mol. The first kappa shape index (κ1) is 21.5. The van der Waals surface area contributed by atoms with Crippen LogP contribution in [0, 0.1) is 19.7 Å². The smallest absolute Gasteiger partial charge is 0.453 e. The molecule has 3 aromatic rings. The Morgan fingerprint density at radius 1 is 1.27 bits per heavy atom. The van der Waals surface area contributed by atoms with Crippen molar-refractivity contribution in [3.05, 3.63) is 52.4 Å². The fourth-order valence-corrected chi connectivity index (χ4v) is 3.07. The molecular formula is C19H19F4N5O2. The molecule has 11 heteroatoms. The van der Waals surface area contributed by atoms with Gasteiger partial charge in [-0.25, -0.2) is 13.9 Å². The van der Waals surface area contributed by atoms with Crippen LogP contribution in [0.3, 0.4) is 0 Å². The van der Waals surface area contributed by atoms with E-state index in [-0.39, 0.29) is 17.9 Å². The Morgan fingerprint density at radius 3 is 2.57 bits per heavy atom. The van der Waals surface area contributed by atoms with Gasteiger partial charge in [0.05, 0.1) is 19.6 Å². The van der Waals surface area contributed by atoms with E-state index in [9.17, 15) is 22.4 Å². The molecule has 0 saturated carbocycles. The summed E-state index contributed by atoms with van der Waals surface area (Å²) in [7, 11) is 1.35. The molecule has 7 nitrogen and oxygen atoms in total. The lowest BCUT2D eigenvalue weighted by molar-refractivity contribution is -0.144. The molecule has 160 valence electrons. The van der Waals surface area contributed by atoms with E-state index in [0.29, 0.717) is 22.5 Å². The monoisotopic (exact) mass is 425 g/mol. The molecule has 0 saturated heterocycles. The molecule has 3 rings (SSSR count). The van der Waals surface area contributed by atoms with Gasteiger partial charge in [-0.05, 0) is 38.5 Å². The van der Waals surface area contributed by atoms with Crippen molar-refractivity contribution in [3.8, 4) is 5.75 Å². The summed E-state index contributed by atoms with van der Waals surface area (Å²) in [4.78, 5) is 20.0. The number of halogens is 4. The minimum Gasteiger partial charge on any atom is -0.494 e. The molecule has 0 aliphatic carbocycles. The zero-order valence-corrected chi connectivity index (χ0v) is 16.6. The van der Waals surface area contributed by atoms with Crippen molar-refractivity contribution in [1.82, 2.24) is 24.9 Å². The number of benzene rings is 1. The van der Waals surface area contributed by atoms with E-state index in [1.54, 1.807) is 26.8 Å². The molecule has 2 heterocycles. The number of hydrogen-bond donors (Lipinski definition) is 1. The van der Waals surface area contributed by atoms with Crippen molar-refractivity contribution in [1.29, 1.82) is 0 Å². The van der Waals surface area contributed by atoms with E-state index < -0.39 is 29.8 Å². The number of amides is 1. The predicted octanol–water partition coefficient (Wildman–Crippen LogP) is 3.33. The third-order valence-corrected chi connectivity index (χ3v) is 4.69. The van der Waals surface area contributed by atoms with Gasteiger partial charge in [-0.2, -0.15) is 18.2 Å². The van der Waals surface area contributed by atoms with Crippen LogP contribution >= 0.6 is 0 Å². The number of carbonyl (C=O) groups is 1. The molecule has 0 spiro atoms. The Kier molecular flexibility index (Phi) is 5.64. The molecule has 1 aromatic carbocycles. The summed E-state index contributed by atoms with van der Waals surface area (Å²) in [5, 5.41) is 6.20. The van der Waals surface area contributed by atoms with Gasteiger partial charge in [0, 0.05) is 17.0 Å². The van der Waals surface area contributed by atoms with Crippen molar-refractivity contribution < 1.29 is 27.1 Å². The summed E-state index contributed by atoms with van der Waals surface area (Å²) in [5.74, 6) is -2.35. The average Bonchev–Trinajstić information content (AvgIpc) is 3.09. The van der Waals surface area contributed by atoms with Crippen LogP contribution < -0.4 is 10.1 Å². The Bertz CT molecular complexity index is 1110. The van der Waals surface area contributed by atoms with Crippen molar-refractivity contribution >= 4 is 11.7 Å². The highest BCUT2D eigenvalue weighted by Crippen LogP contribution is 2.27. The molecule has 0 radical (unpaired) electrons. The minimum absolute atomic E-state index is 0.0916. The lowest BCUT2D eigenvalue weighted by Gasteiger charge is -2.16. The van der Waals surface area contributed by atoms with E-state index in [1.807, 2.05) is 0 Å². The third-order valence-electron chi connectivity index (χ3n) is 4.69. The Labute approximate surface area is 169 Å². The van der Waals surface area contributed by atoms with Gasteiger partial charge in [-0.1, -0.05) is 6.07 Å². The second-order valence-corrected chi connectivity index (χ2v) is 6.77. The van der Waals surface area contributed by atoms with Crippen molar-refractivity contribution in [3.63, 3.8) is 0 Å². The number of aromatic nitrogens is 4. The first-order chi connectivity index (χ1) is 14.0. The summed E-state index contributed by atoms with van der Waals surface area (Å²) < 4.78 is 58.4. The Hall–Kier alpha value is -3.24. The number of nitrogens with zero attached hydrogens (tertiary/aromatic N) is 4. The predicted molar refractivity (Wildman–Crippen MR) is 98.5 cm³/mol. The van der Waals surface area contributed by atoms with Crippen molar-refractivity contribution in [2.75, 3.05) is 7.11 Å². The highest BCUT2D eigenvalue weighted by atomic mass is 19.4. The molecule has 0 fully saturated rings. The van der Waals surface area contributed by atoms with E-state index in [1.165, 1.54) is 19.2 Å². The van der Waals surface area contributed by atoms with Gasteiger partial charge in [0.1, 0.15) is 0 Å². The summed E-state index contributed by atoms with van der Waals surface area (Å²) in [5.41, 5.74) is 1.68. The van der Waals surface area contributed by atoms with E-state index in [2.05, 4.69) is 20.4 Å². The molecule has 0 aliphatic rings. The van der Waals surface area contributed by atoms with E-state index in [0.717, 1.165) is 4.52 Å². The largest absolute Gasteiger partial charge is 0.494 e. The zero-order valence-electron chi connectivity index (χ0n) is 16.6. The summed E-state index contributed by atoms with van der Waals surface area (Å²) in [6, 6.07) is 3.86. The van der Waals surface area contributed by atoms with Crippen molar-refractivity contribution in [2.45, 2.75) is 39.4 Å². The lowest BCUT2D eigenvalue weighted by Crippen LogP contribution is -2.29. The number of carbonyl (C=O) groups excluding carboxylic acids is 1. The number of fused-ring (bicyclic) bond motifs is 1.